The van der Waals surface area contributed by atoms with Crippen LogP contribution in [0.3, 0.4) is 0 Å². The fraction of sp³-hybridized carbons (Fsp3) is 0.917. The molecule has 0 saturated carbocycles. The summed E-state index contributed by atoms with van der Waals surface area (Å²) in [7, 11) is 0. The lowest BCUT2D eigenvalue weighted by Crippen LogP contribution is -2.21. The van der Waals surface area contributed by atoms with Crippen LogP contribution in [-0.4, -0.2) is 37.4 Å². The molecule has 0 radical (unpaired) electrons. The molecule has 0 heterocycles. The van der Waals surface area contributed by atoms with Crippen molar-refractivity contribution in [1.82, 2.24) is 5.32 Å². The van der Waals surface area contributed by atoms with Crippen molar-refractivity contribution in [2.45, 2.75) is 39.5 Å². The Balaban J connectivity index is 2.96. The van der Waals surface area contributed by atoms with Crippen molar-refractivity contribution in [1.29, 1.82) is 0 Å². The van der Waals surface area contributed by atoms with Crippen LogP contribution in [0, 0.1) is 5.92 Å². The van der Waals surface area contributed by atoms with Crippen LogP contribution in [0.4, 0.5) is 0 Å². The normalized spacial score (nSPS) is 10.9. The molecule has 16 heavy (non-hydrogen) atoms. The highest BCUT2D eigenvalue weighted by Crippen LogP contribution is 1.98. The van der Waals surface area contributed by atoms with Gasteiger partial charge < -0.3 is 15.2 Å². The molecule has 4 heteroatoms. The highest BCUT2D eigenvalue weighted by molar-refractivity contribution is 5.66. The molecule has 0 aromatic carbocycles. The third-order valence-electron chi connectivity index (χ3n) is 2.26. The van der Waals surface area contributed by atoms with E-state index in [1.807, 2.05) is 0 Å². The lowest BCUT2D eigenvalue weighted by molar-refractivity contribution is -0.137. The predicted octanol–water partition coefficient (Wildman–Crippen LogP) is 1.89. The first kappa shape index (κ1) is 15.4. The molecule has 0 rings (SSSR count). The summed E-state index contributed by atoms with van der Waals surface area (Å²) in [5.41, 5.74) is 0. The molecule has 0 aliphatic rings. The predicted molar refractivity (Wildman–Crippen MR) is 64.6 cm³/mol. The molecule has 4 nitrogen and oxygen atoms in total. The summed E-state index contributed by atoms with van der Waals surface area (Å²) in [6, 6.07) is 0. The van der Waals surface area contributed by atoms with Gasteiger partial charge in [-0.25, -0.2) is 0 Å². The van der Waals surface area contributed by atoms with Crippen LogP contribution in [0.25, 0.3) is 0 Å². The Bertz CT molecular complexity index is 172. The molecule has 96 valence electrons. The van der Waals surface area contributed by atoms with Crippen LogP contribution in [-0.2, 0) is 9.53 Å². The Morgan fingerprint density at radius 2 is 2.00 bits per heavy atom. The van der Waals surface area contributed by atoms with Gasteiger partial charge in [0.1, 0.15) is 0 Å². The Kier molecular flexibility index (Phi) is 10.5. The molecule has 0 aromatic heterocycles. The maximum absolute atomic E-state index is 10.2. The van der Waals surface area contributed by atoms with Crippen LogP contribution in [0.1, 0.15) is 39.5 Å². The second-order valence-corrected chi connectivity index (χ2v) is 4.40. The zero-order chi connectivity index (χ0) is 12.2. The van der Waals surface area contributed by atoms with Gasteiger partial charge in [-0.1, -0.05) is 13.8 Å². The topological polar surface area (TPSA) is 58.6 Å². The first-order valence-electron chi connectivity index (χ1n) is 6.13. The summed E-state index contributed by atoms with van der Waals surface area (Å²) in [6.45, 7) is 7.67. The monoisotopic (exact) mass is 231 g/mol. The van der Waals surface area contributed by atoms with Gasteiger partial charge in [0.05, 0.1) is 6.61 Å². The minimum atomic E-state index is -0.711. The van der Waals surface area contributed by atoms with Gasteiger partial charge in [-0.05, 0) is 31.7 Å². The molecule has 0 unspecified atom stereocenters. The molecule has 0 spiro atoms. The Morgan fingerprint density at radius 1 is 1.25 bits per heavy atom. The van der Waals surface area contributed by atoms with E-state index in [9.17, 15) is 4.79 Å². The lowest BCUT2D eigenvalue weighted by atomic mass is 10.1. The number of hydrogen-bond acceptors (Lipinski definition) is 3. The second kappa shape index (κ2) is 10.9. The molecule has 0 aromatic rings. The molecule has 0 amide bonds. The summed E-state index contributed by atoms with van der Waals surface area (Å²) in [5.74, 6) is -0.0130. The molecular formula is C12H25NO3. The Morgan fingerprint density at radius 3 is 2.62 bits per heavy atom. The number of unbranched alkanes of at least 4 members (excludes halogenated alkanes) is 1. The number of carbonyl (C=O) groups is 1. The minimum absolute atomic E-state index is 0.270. The van der Waals surface area contributed by atoms with Crippen LogP contribution >= 0.6 is 0 Å². The zero-order valence-corrected chi connectivity index (χ0v) is 10.5. The van der Waals surface area contributed by atoms with Crippen molar-refractivity contribution in [3.05, 3.63) is 0 Å². The highest BCUT2D eigenvalue weighted by atomic mass is 16.5. The van der Waals surface area contributed by atoms with E-state index in [0.717, 1.165) is 45.6 Å². The van der Waals surface area contributed by atoms with Gasteiger partial charge in [-0.15, -0.1) is 0 Å². The van der Waals surface area contributed by atoms with E-state index in [2.05, 4.69) is 19.2 Å². The number of rotatable bonds is 11. The van der Waals surface area contributed by atoms with Crippen LogP contribution in [0.15, 0.2) is 0 Å². The van der Waals surface area contributed by atoms with Crippen molar-refractivity contribution in [2.24, 2.45) is 5.92 Å². The summed E-state index contributed by atoms with van der Waals surface area (Å²) in [5, 5.41) is 11.6. The van der Waals surface area contributed by atoms with E-state index in [4.69, 9.17) is 9.84 Å². The number of carboxylic acids is 1. The van der Waals surface area contributed by atoms with Gasteiger partial charge in [0, 0.05) is 19.6 Å². The van der Waals surface area contributed by atoms with Gasteiger partial charge in [0.2, 0.25) is 0 Å². The molecule has 0 atom stereocenters. The van der Waals surface area contributed by atoms with Crippen LogP contribution in [0.5, 0.6) is 0 Å². The molecule has 0 saturated heterocycles. The van der Waals surface area contributed by atoms with Crippen LogP contribution < -0.4 is 5.32 Å². The molecular weight excluding hydrogens is 206 g/mol. The second-order valence-electron chi connectivity index (χ2n) is 4.40. The number of carboxylic acid groups (broad SMARTS) is 1. The molecule has 0 bridgehead atoms. The SMILES string of the molecule is CC(C)CCOCCNCCCCC(=O)O. The lowest BCUT2D eigenvalue weighted by Gasteiger charge is -2.07. The summed E-state index contributed by atoms with van der Waals surface area (Å²) >= 11 is 0. The quantitative estimate of drug-likeness (QED) is 0.533. The van der Waals surface area contributed by atoms with E-state index >= 15 is 0 Å². The fourth-order valence-electron chi connectivity index (χ4n) is 1.22. The number of ether oxygens (including phenoxy) is 1. The third kappa shape index (κ3) is 13.4. The molecule has 2 N–H and O–H groups in total. The average molecular weight is 231 g/mol. The van der Waals surface area contributed by atoms with Gasteiger partial charge in [0.25, 0.3) is 0 Å². The van der Waals surface area contributed by atoms with Crippen molar-refractivity contribution in [3.63, 3.8) is 0 Å². The Labute approximate surface area is 98.4 Å². The van der Waals surface area contributed by atoms with E-state index in [1.165, 1.54) is 0 Å². The van der Waals surface area contributed by atoms with Crippen molar-refractivity contribution in [2.75, 3.05) is 26.3 Å². The zero-order valence-electron chi connectivity index (χ0n) is 10.5. The fourth-order valence-corrected chi connectivity index (χ4v) is 1.22. The van der Waals surface area contributed by atoms with E-state index < -0.39 is 5.97 Å². The van der Waals surface area contributed by atoms with E-state index in [0.29, 0.717) is 5.92 Å². The van der Waals surface area contributed by atoms with E-state index in [-0.39, 0.29) is 6.42 Å². The summed E-state index contributed by atoms with van der Waals surface area (Å²) < 4.78 is 5.43. The molecule has 0 fully saturated rings. The van der Waals surface area contributed by atoms with Crippen molar-refractivity contribution < 1.29 is 14.6 Å². The third-order valence-corrected chi connectivity index (χ3v) is 2.26. The first-order valence-corrected chi connectivity index (χ1v) is 6.13. The van der Waals surface area contributed by atoms with Crippen LogP contribution in [0.2, 0.25) is 0 Å². The highest BCUT2D eigenvalue weighted by Gasteiger charge is 1.96. The smallest absolute Gasteiger partial charge is 0.303 e. The largest absolute Gasteiger partial charge is 0.481 e. The standard InChI is InChI=1S/C12H25NO3/c1-11(2)6-9-16-10-8-13-7-4-3-5-12(14)15/h11,13H,3-10H2,1-2H3,(H,14,15). The first-order chi connectivity index (χ1) is 7.63. The van der Waals surface area contributed by atoms with Crippen molar-refractivity contribution in [3.8, 4) is 0 Å². The Hall–Kier alpha value is -0.610. The van der Waals surface area contributed by atoms with Gasteiger partial charge in [-0.3, -0.25) is 4.79 Å². The van der Waals surface area contributed by atoms with Gasteiger partial charge in [-0.2, -0.15) is 0 Å². The number of nitrogens with one attached hydrogen (secondary N) is 1. The number of aliphatic carboxylic acids is 1. The average Bonchev–Trinajstić information content (AvgIpc) is 2.20. The number of hydrogen-bond donors (Lipinski definition) is 2. The maximum atomic E-state index is 10.2. The van der Waals surface area contributed by atoms with Gasteiger partial charge >= 0.3 is 5.97 Å². The van der Waals surface area contributed by atoms with Crippen molar-refractivity contribution >= 4 is 5.97 Å². The summed E-state index contributed by atoms with van der Waals surface area (Å²) in [6.07, 6.45) is 3.04. The maximum Gasteiger partial charge on any atom is 0.303 e. The van der Waals surface area contributed by atoms with Gasteiger partial charge in [0.15, 0.2) is 0 Å². The molecule has 0 aliphatic carbocycles. The minimum Gasteiger partial charge on any atom is -0.481 e. The van der Waals surface area contributed by atoms with E-state index in [1.54, 1.807) is 0 Å². The summed E-state index contributed by atoms with van der Waals surface area (Å²) in [4.78, 5) is 10.2. The molecule has 0 aliphatic heterocycles.